The second-order valence-electron chi connectivity index (χ2n) is 6.20. The largest absolute Gasteiger partial charge is 0.465 e. The molecule has 0 aliphatic carbocycles. The van der Waals surface area contributed by atoms with E-state index in [1.54, 1.807) is 12.4 Å². The van der Waals surface area contributed by atoms with Crippen LogP contribution < -0.4 is 0 Å². The fraction of sp³-hybridized carbons (Fsp3) is 0.500. The van der Waals surface area contributed by atoms with Gasteiger partial charge in [0.1, 0.15) is 17.3 Å². The topological polar surface area (TPSA) is 66.2 Å². The van der Waals surface area contributed by atoms with Crippen LogP contribution in [0.5, 0.6) is 0 Å². The number of aromatic nitrogens is 3. The van der Waals surface area contributed by atoms with Gasteiger partial charge in [0.25, 0.3) is 0 Å². The van der Waals surface area contributed by atoms with Gasteiger partial charge < -0.3 is 14.0 Å². The van der Waals surface area contributed by atoms with E-state index in [1.807, 2.05) is 4.57 Å². The van der Waals surface area contributed by atoms with Crippen molar-refractivity contribution in [3.63, 3.8) is 0 Å². The Labute approximate surface area is 145 Å². The van der Waals surface area contributed by atoms with Crippen molar-refractivity contribution < 1.29 is 14.3 Å². The number of methoxy groups -OCH3 is 1. The Morgan fingerprint density at radius 2 is 2.17 bits per heavy atom. The lowest BCUT2D eigenvalue weighted by Crippen LogP contribution is -2.22. The third kappa shape index (κ3) is 4.87. The van der Waals surface area contributed by atoms with Gasteiger partial charge in [0.2, 0.25) is 0 Å². The Morgan fingerprint density at radius 1 is 1.43 bits per heavy atom. The van der Waals surface area contributed by atoms with Gasteiger partial charge in [0.05, 0.1) is 7.11 Å². The highest BCUT2D eigenvalue weighted by atomic mass is 35.5. The zero-order chi connectivity index (χ0) is 17.0. The van der Waals surface area contributed by atoms with E-state index in [4.69, 9.17) is 21.1 Å². The zero-order valence-electron chi connectivity index (χ0n) is 13.6. The summed E-state index contributed by atoms with van der Waals surface area (Å²) in [5.41, 5.74) is 0.422. The molecule has 2 aromatic rings. The van der Waals surface area contributed by atoms with Gasteiger partial charge in [-0.05, 0) is 6.04 Å². The molecule has 0 fully saturated rings. The number of rotatable bonds is 7. The summed E-state index contributed by atoms with van der Waals surface area (Å²) in [7, 11) is 0.204. The van der Waals surface area contributed by atoms with Crippen molar-refractivity contribution in [3.8, 4) is 11.5 Å². The summed E-state index contributed by atoms with van der Waals surface area (Å²) in [6.07, 6.45) is 3.43. The summed E-state index contributed by atoms with van der Waals surface area (Å²) in [6.45, 7) is 7.97. The lowest BCUT2D eigenvalue weighted by Gasteiger charge is -2.16. The van der Waals surface area contributed by atoms with Gasteiger partial charge in [-0.15, -0.1) is 0 Å². The Hall–Kier alpha value is -1.22. The van der Waals surface area contributed by atoms with Gasteiger partial charge in [0.15, 0.2) is 10.3 Å². The van der Waals surface area contributed by atoms with Crippen molar-refractivity contribution in [1.82, 2.24) is 14.5 Å². The van der Waals surface area contributed by atoms with Gasteiger partial charge in [-0.2, -0.15) is 0 Å². The lowest BCUT2D eigenvalue weighted by atomic mass is 10.3. The molecule has 6 nitrogen and oxygen atoms in total. The number of ether oxygens (including phenoxy) is 2. The van der Waals surface area contributed by atoms with Crippen LogP contribution in [0, 0.1) is 0 Å². The SMILES string of the molecule is COC(=O)c1sc(Cl)nc1-c1nccn1COCC[Si](C)(C)C. The molecule has 0 spiro atoms. The van der Waals surface area contributed by atoms with Crippen molar-refractivity contribution in [2.45, 2.75) is 32.4 Å². The Balaban J connectivity index is 2.14. The smallest absolute Gasteiger partial charge is 0.350 e. The maximum Gasteiger partial charge on any atom is 0.350 e. The first-order valence-electron chi connectivity index (χ1n) is 7.16. The molecule has 0 bridgehead atoms. The molecule has 2 aromatic heterocycles. The van der Waals surface area contributed by atoms with E-state index in [2.05, 4.69) is 29.6 Å². The van der Waals surface area contributed by atoms with Crippen molar-refractivity contribution in [2.24, 2.45) is 0 Å². The summed E-state index contributed by atoms with van der Waals surface area (Å²) < 4.78 is 12.6. The molecule has 0 aliphatic rings. The summed E-state index contributed by atoms with van der Waals surface area (Å²) in [6, 6.07) is 1.09. The second-order valence-corrected chi connectivity index (χ2v) is 13.4. The standard InChI is InChI=1S/C14H20ClN3O3SSi/c1-20-13(19)11-10(17-14(15)22-11)12-16-5-6-18(12)9-21-7-8-23(2,3)4/h5-6H,7-9H2,1-4H3. The van der Waals surface area contributed by atoms with Gasteiger partial charge in [-0.3, -0.25) is 0 Å². The van der Waals surface area contributed by atoms with Gasteiger partial charge in [-0.1, -0.05) is 42.6 Å². The molecule has 2 rings (SSSR count). The molecule has 126 valence electrons. The number of carbonyl (C=O) groups is 1. The van der Waals surface area contributed by atoms with Crippen molar-refractivity contribution in [1.29, 1.82) is 0 Å². The molecule has 0 saturated heterocycles. The molecule has 0 amide bonds. The maximum atomic E-state index is 11.9. The van der Waals surface area contributed by atoms with E-state index in [0.29, 0.717) is 29.7 Å². The Bertz CT molecular complexity index is 681. The Kier molecular flexibility index (Phi) is 5.96. The molecule has 0 aromatic carbocycles. The molecule has 9 heteroatoms. The molecule has 0 radical (unpaired) electrons. The molecule has 0 saturated carbocycles. The van der Waals surface area contributed by atoms with E-state index >= 15 is 0 Å². The van der Waals surface area contributed by atoms with Crippen LogP contribution >= 0.6 is 22.9 Å². The molecular weight excluding hydrogens is 354 g/mol. The minimum atomic E-state index is -1.12. The monoisotopic (exact) mass is 373 g/mol. The van der Waals surface area contributed by atoms with E-state index in [1.165, 1.54) is 7.11 Å². The van der Waals surface area contributed by atoms with Crippen LogP contribution in [0.1, 0.15) is 9.67 Å². The van der Waals surface area contributed by atoms with Crippen molar-refractivity contribution in [2.75, 3.05) is 13.7 Å². The van der Waals surface area contributed by atoms with Gasteiger partial charge in [-0.25, -0.2) is 14.8 Å². The maximum absolute atomic E-state index is 11.9. The van der Waals surface area contributed by atoms with E-state index in [-0.39, 0.29) is 4.47 Å². The minimum absolute atomic E-state index is 0.273. The molecule has 0 unspecified atom stereocenters. The van der Waals surface area contributed by atoms with Crippen LogP contribution in [0.3, 0.4) is 0 Å². The highest BCUT2D eigenvalue weighted by molar-refractivity contribution is 7.17. The summed E-state index contributed by atoms with van der Waals surface area (Å²) in [4.78, 5) is 20.7. The average Bonchev–Trinajstić information content (AvgIpc) is 3.07. The van der Waals surface area contributed by atoms with Crippen LogP contribution in [-0.4, -0.2) is 42.3 Å². The van der Waals surface area contributed by atoms with E-state index < -0.39 is 14.0 Å². The third-order valence-corrected chi connectivity index (χ3v) is 5.97. The summed E-state index contributed by atoms with van der Waals surface area (Å²) in [5, 5.41) is 0. The normalized spacial score (nSPS) is 11.7. The fourth-order valence-corrected chi connectivity index (χ4v) is 3.63. The number of thiazole rings is 1. The average molecular weight is 374 g/mol. The lowest BCUT2D eigenvalue weighted by molar-refractivity contribution is 0.0606. The molecular formula is C14H20ClN3O3SSi. The van der Waals surface area contributed by atoms with E-state index in [0.717, 1.165) is 17.4 Å². The number of halogens is 1. The first kappa shape index (κ1) is 18.1. The molecule has 0 atom stereocenters. The van der Waals surface area contributed by atoms with Crippen molar-refractivity contribution >= 4 is 37.0 Å². The number of imidazole rings is 1. The highest BCUT2D eigenvalue weighted by Gasteiger charge is 2.22. The molecule has 0 N–H and O–H groups in total. The predicted molar refractivity (Wildman–Crippen MR) is 93.8 cm³/mol. The second kappa shape index (κ2) is 7.56. The van der Waals surface area contributed by atoms with Crippen LogP contribution in [0.4, 0.5) is 0 Å². The first-order chi connectivity index (χ1) is 10.8. The minimum Gasteiger partial charge on any atom is -0.465 e. The summed E-state index contributed by atoms with van der Waals surface area (Å²) >= 11 is 7.03. The Morgan fingerprint density at radius 3 is 2.83 bits per heavy atom. The van der Waals surface area contributed by atoms with Gasteiger partial charge >= 0.3 is 5.97 Å². The summed E-state index contributed by atoms with van der Waals surface area (Å²) in [5.74, 6) is 0.0696. The third-order valence-electron chi connectivity index (χ3n) is 3.13. The molecule has 2 heterocycles. The van der Waals surface area contributed by atoms with E-state index in [9.17, 15) is 4.79 Å². The van der Waals surface area contributed by atoms with Crippen LogP contribution in [0.25, 0.3) is 11.5 Å². The quantitative estimate of drug-likeness (QED) is 0.420. The number of nitrogens with zero attached hydrogens (tertiary/aromatic N) is 3. The zero-order valence-corrected chi connectivity index (χ0v) is 16.2. The highest BCUT2D eigenvalue weighted by Crippen LogP contribution is 2.30. The van der Waals surface area contributed by atoms with Gasteiger partial charge in [0, 0.05) is 27.1 Å². The number of hydrogen-bond donors (Lipinski definition) is 0. The first-order valence-corrected chi connectivity index (χ1v) is 12.1. The van der Waals surface area contributed by atoms with Crippen LogP contribution in [-0.2, 0) is 16.2 Å². The predicted octanol–water partition coefficient (Wildman–Crippen LogP) is 3.76. The number of esters is 1. The number of carbonyl (C=O) groups excluding carboxylic acids is 1. The van der Waals surface area contributed by atoms with Crippen LogP contribution in [0.15, 0.2) is 12.4 Å². The molecule has 0 aliphatic heterocycles. The van der Waals surface area contributed by atoms with Crippen LogP contribution in [0.2, 0.25) is 30.2 Å². The van der Waals surface area contributed by atoms with Crippen molar-refractivity contribution in [3.05, 3.63) is 21.7 Å². The fourth-order valence-electron chi connectivity index (χ4n) is 1.85. The molecule has 23 heavy (non-hydrogen) atoms. The number of hydrogen-bond acceptors (Lipinski definition) is 6.